The molecule has 36 heavy (non-hydrogen) atoms. The largest absolute Gasteiger partial charge is 0.416 e. The molecule has 0 fully saturated rings. The van der Waals surface area contributed by atoms with Gasteiger partial charge in [0.2, 0.25) is 5.95 Å². The van der Waals surface area contributed by atoms with Crippen LogP contribution in [0.25, 0.3) is 28.3 Å². The number of halogens is 4. The molecule has 9 heteroatoms. The maximum absolute atomic E-state index is 13.6. The number of aryl methyl sites for hydroxylation is 1. The van der Waals surface area contributed by atoms with E-state index >= 15 is 0 Å². The molecule has 3 aromatic heterocycles. The van der Waals surface area contributed by atoms with Gasteiger partial charge in [0.25, 0.3) is 0 Å². The summed E-state index contributed by atoms with van der Waals surface area (Å²) in [6.07, 6.45) is -0.0714. The third-order valence-corrected chi connectivity index (χ3v) is 5.82. The maximum Gasteiger partial charge on any atom is 0.416 e. The van der Waals surface area contributed by atoms with E-state index in [1.807, 2.05) is 22.7 Å². The number of hydrogen-bond donors (Lipinski definition) is 1. The summed E-state index contributed by atoms with van der Waals surface area (Å²) >= 11 is 0. The number of pyridine rings is 1. The molecule has 1 N–H and O–H groups in total. The van der Waals surface area contributed by atoms with Crippen LogP contribution in [0.1, 0.15) is 23.6 Å². The van der Waals surface area contributed by atoms with Crippen molar-refractivity contribution < 1.29 is 17.6 Å². The first-order chi connectivity index (χ1) is 17.3. The van der Waals surface area contributed by atoms with Crippen molar-refractivity contribution in [1.29, 1.82) is 0 Å². The number of fused-ring (bicyclic) bond motifs is 1. The number of rotatable bonds is 6. The highest BCUT2D eigenvalue weighted by molar-refractivity contribution is 5.80. The van der Waals surface area contributed by atoms with Crippen molar-refractivity contribution in [3.8, 4) is 22.6 Å². The van der Waals surface area contributed by atoms with Crippen molar-refractivity contribution in [1.82, 2.24) is 19.4 Å². The normalized spacial score (nSPS) is 11.7. The maximum atomic E-state index is 13.6. The molecule has 0 saturated heterocycles. The fourth-order valence-electron chi connectivity index (χ4n) is 3.98. The van der Waals surface area contributed by atoms with Crippen molar-refractivity contribution in [2.24, 2.45) is 0 Å². The average molecular weight is 491 g/mol. The number of nitrogens with zero attached hydrogens (tertiary/aromatic N) is 4. The predicted molar refractivity (Wildman–Crippen MR) is 130 cm³/mol. The third-order valence-electron chi connectivity index (χ3n) is 5.82. The fourth-order valence-corrected chi connectivity index (χ4v) is 3.98. The van der Waals surface area contributed by atoms with Crippen LogP contribution in [0.3, 0.4) is 0 Å². The topological polar surface area (TPSA) is 55.1 Å². The van der Waals surface area contributed by atoms with E-state index in [1.54, 1.807) is 30.5 Å². The molecular formula is C27H21F4N5. The van der Waals surface area contributed by atoms with Gasteiger partial charge in [-0.2, -0.15) is 13.2 Å². The lowest BCUT2D eigenvalue weighted by Crippen LogP contribution is -2.08. The number of hydrogen-bond acceptors (Lipinski definition) is 4. The lowest BCUT2D eigenvalue weighted by Gasteiger charge is -2.11. The van der Waals surface area contributed by atoms with Gasteiger partial charge in [-0.15, -0.1) is 0 Å². The second-order valence-corrected chi connectivity index (χ2v) is 8.25. The molecule has 0 saturated carbocycles. The zero-order valence-electron chi connectivity index (χ0n) is 19.2. The summed E-state index contributed by atoms with van der Waals surface area (Å²) in [5.41, 5.74) is 4.20. The Morgan fingerprint density at radius 2 is 1.72 bits per heavy atom. The number of imidazole rings is 1. The molecule has 0 radical (unpaired) electrons. The first-order valence-corrected chi connectivity index (χ1v) is 11.3. The van der Waals surface area contributed by atoms with Crippen molar-refractivity contribution >= 4 is 11.6 Å². The Labute approximate surface area is 204 Å². The van der Waals surface area contributed by atoms with Crippen LogP contribution in [0.15, 0.2) is 79.1 Å². The van der Waals surface area contributed by atoms with E-state index in [0.29, 0.717) is 22.6 Å². The lowest BCUT2D eigenvalue weighted by atomic mass is 10.1. The SMILES string of the molecule is CCc1ccn2c(-c3ccnc(NCc4cccc(C(F)(F)F)c4)n3)c(-c3ccc(F)cc3)nc2c1. The quantitative estimate of drug-likeness (QED) is 0.266. The van der Waals surface area contributed by atoms with Gasteiger partial charge in [0.15, 0.2) is 0 Å². The summed E-state index contributed by atoms with van der Waals surface area (Å²) in [6, 6.07) is 16.9. The average Bonchev–Trinajstić information content (AvgIpc) is 3.26. The highest BCUT2D eigenvalue weighted by Crippen LogP contribution is 2.33. The Bertz CT molecular complexity index is 1520. The molecule has 0 unspecified atom stereocenters. The number of alkyl halides is 3. The smallest absolute Gasteiger partial charge is 0.350 e. The fraction of sp³-hybridized carbons (Fsp3) is 0.148. The number of benzene rings is 2. The standard InChI is InChI=1S/C27H21F4N5/c1-2-17-11-13-36-23(15-17)35-24(19-6-8-21(28)9-7-19)25(36)22-10-12-32-26(34-22)33-16-18-4-3-5-20(14-18)27(29,30)31/h3-15H,2,16H2,1H3,(H,32,33,34). The molecule has 3 heterocycles. The van der Waals surface area contributed by atoms with Crippen LogP contribution < -0.4 is 5.32 Å². The van der Waals surface area contributed by atoms with Gasteiger partial charge < -0.3 is 5.32 Å². The van der Waals surface area contributed by atoms with Gasteiger partial charge in [0.05, 0.1) is 22.6 Å². The Hall–Kier alpha value is -4.27. The Morgan fingerprint density at radius 3 is 2.47 bits per heavy atom. The molecule has 0 aliphatic heterocycles. The Morgan fingerprint density at radius 1 is 0.917 bits per heavy atom. The van der Waals surface area contributed by atoms with Crippen LogP contribution >= 0.6 is 0 Å². The molecule has 5 rings (SSSR count). The van der Waals surface area contributed by atoms with Crippen LogP contribution in [0.4, 0.5) is 23.5 Å². The van der Waals surface area contributed by atoms with Crippen molar-refractivity contribution in [3.05, 3.63) is 102 Å². The van der Waals surface area contributed by atoms with Gasteiger partial charge in [0.1, 0.15) is 11.5 Å². The summed E-state index contributed by atoms with van der Waals surface area (Å²) in [7, 11) is 0. The molecule has 182 valence electrons. The summed E-state index contributed by atoms with van der Waals surface area (Å²) in [4.78, 5) is 13.7. The molecule has 0 amide bonds. The van der Waals surface area contributed by atoms with Crippen LogP contribution in [0, 0.1) is 5.82 Å². The van der Waals surface area contributed by atoms with E-state index < -0.39 is 11.7 Å². The first-order valence-electron chi connectivity index (χ1n) is 11.3. The summed E-state index contributed by atoms with van der Waals surface area (Å²) in [6.45, 7) is 2.18. The van der Waals surface area contributed by atoms with Crippen LogP contribution in [-0.2, 0) is 19.1 Å². The van der Waals surface area contributed by atoms with Gasteiger partial charge in [-0.05, 0) is 72.1 Å². The van der Waals surface area contributed by atoms with Gasteiger partial charge in [-0.3, -0.25) is 4.40 Å². The van der Waals surface area contributed by atoms with Crippen LogP contribution in [0.5, 0.6) is 0 Å². The molecule has 5 nitrogen and oxygen atoms in total. The number of aromatic nitrogens is 4. The van der Waals surface area contributed by atoms with E-state index in [0.717, 1.165) is 35.3 Å². The second-order valence-electron chi connectivity index (χ2n) is 8.25. The molecule has 5 aromatic rings. The van der Waals surface area contributed by atoms with Crippen LogP contribution in [0.2, 0.25) is 0 Å². The van der Waals surface area contributed by atoms with E-state index in [9.17, 15) is 17.6 Å². The molecular weight excluding hydrogens is 470 g/mol. The van der Waals surface area contributed by atoms with Crippen molar-refractivity contribution in [2.45, 2.75) is 26.1 Å². The summed E-state index contributed by atoms with van der Waals surface area (Å²) in [5.74, 6) is -0.0875. The highest BCUT2D eigenvalue weighted by atomic mass is 19.4. The molecule has 0 aliphatic carbocycles. The highest BCUT2D eigenvalue weighted by Gasteiger charge is 2.30. The van der Waals surface area contributed by atoms with E-state index in [4.69, 9.17) is 4.98 Å². The molecule has 0 aliphatic rings. The van der Waals surface area contributed by atoms with Gasteiger partial charge >= 0.3 is 6.18 Å². The van der Waals surface area contributed by atoms with E-state index in [2.05, 4.69) is 22.2 Å². The number of anilines is 1. The number of nitrogens with one attached hydrogen (secondary N) is 1. The monoisotopic (exact) mass is 491 g/mol. The van der Waals surface area contributed by atoms with Crippen molar-refractivity contribution in [2.75, 3.05) is 5.32 Å². The van der Waals surface area contributed by atoms with Gasteiger partial charge in [-0.25, -0.2) is 19.3 Å². The molecule has 2 aromatic carbocycles. The lowest BCUT2D eigenvalue weighted by molar-refractivity contribution is -0.137. The summed E-state index contributed by atoms with van der Waals surface area (Å²) in [5, 5.41) is 3.01. The van der Waals surface area contributed by atoms with Gasteiger partial charge in [-0.1, -0.05) is 19.1 Å². The molecule has 0 bridgehead atoms. The molecule has 0 atom stereocenters. The zero-order valence-corrected chi connectivity index (χ0v) is 19.2. The Balaban J connectivity index is 1.52. The Kier molecular flexibility index (Phi) is 6.13. The predicted octanol–water partition coefficient (Wildman–Crippen LogP) is 6.79. The van der Waals surface area contributed by atoms with E-state index in [-0.39, 0.29) is 18.3 Å². The molecule has 0 spiro atoms. The second kappa shape index (κ2) is 9.41. The van der Waals surface area contributed by atoms with Gasteiger partial charge in [0, 0.05) is 24.5 Å². The minimum Gasteiger partial charge on any atom is -0.350 e. The minimum absolute atomic E-state index is 0.116. The van der Waals surface area contributed by atoms with Crippen LogP contribution in [-0.4, -0.2) is 19.4 Å². The zero-order chi connectivity index (χ0) is 25.3. The third kappa shape index (κ3) is 4.77. The first kappa shape index (κ1) is 23.5. The summed E-state index contributed by atoms with van der Waals surface area (Å²) < 4.78 is 54.6. The minimum atomic E-state index is -4.41. The van der Waals surface area contributed by atoms with E-state index in [1.165, 1.54) is 18.2 Å². The van der Waals surface area contributed by atoms with Crippen molar-refractivity contribution in [3.63, 3.8) is 0 Å².